The smallest absolute Gasteiger partial charge is 0.322 e. The molecule has 1 amide bonds. The Morgan fingerprint density at radius 2 is 1.92 bits per heavy atom. The van der Waals surface area contributed by atoms with Crippen LogP contribution in [0.25, 0.3) is 11.5 Å². The van der Waals surface area contributed by atoms with Gasteiger partial charge in [0.1, 0.15) is 11.5 Å². The molecule has 0 spiro atoms. The van der Waals surface area contributed by atoms with Crippen LogP contribution < -0.4 is 14.8 Å². The fraction of sp³-hybridized carbons (Fsp3) is 0.167. The first-order valence-corrected chi connectivity index (χ1v) is 7.54. The number of ether oxygens (including phenoxy) is 2. The Labute approximate surface area is 144 Å². The summed E-state index contributed by atoms with van der Waals surface area (Å²) in [6, 6.07) is 12.6. The summed E-state index contributed by atoms with van der Waals surface area (Å²) < 4.78 is 15.9. The number of hydrogen-bond donors (Lipinski definition) is 1. The van der Waals surface area contributed by atoms with Gasteiger partial charge in [0, 0.05) is 5.56 Å². The van der Waals surface area contributed by atoms with Gasteiger partial charge in [-0.2, -0.15) is 0 Å². The SMILES string of the molecule is COc1ccc(OC)c(C(=O)Nc2nnc(-c3cccc(C)c3)o2)c1. The molecule has 1 heterocycles. The first-order chi connectivity index (χ1) is 12.1. The Hall–Kier alpha value is -3.35. The monoisotopic (exact) mass is 339 g/mol. The lowest BCUT2D eigenvalue weighted by molar-refractivity contribution is 0.102. The highest BCUT2D eigenvalue weighted by molar-refractivity contribution is 6.05. The normalized spacial score (nSPS) is 10.4. The van der Waals surface area contributed by atoms with Crippen LogP contribution in [-0.4, -0.2) is 30.3 Å². The second-order valence-electron chi connectivity index (χ2n) is 5.30. The van der Waals surface area contributed by atoms with Gasteiger partial charge in [-0.1, -0.05) is 22.8 Å². The van der Waals surface area contributed by atoms with Crippen molar-refractivity contribution in [3.63, 3.8) is 0 Å². The Balaban J connectivity index is 1.82. The summed E-state index contributed by atoms with van der Waals surface area (Å²) in [5, 5.41) is 10.4. The van der Waals surface area contributed by atoms with Crippen LogP contribution in [-0.2, 0) is 0 Å². The fourth-order valence-electron chi connectivity index (χ4n) is 2.32. The molecular formula is C18H17N3O4. The molecule has 7 nitrogen and oxygen atoms in total. The first kappa shape index (κ1) is 16.5. The number of methoxy groups -OCH3 is 2. The van der Waals surface area contributed by atoms with E-state index < -0.39 is 5.91 Å². The standard InChI is InChI=1S/C18H17N3O4/c1-11-5-4-6-12(9-11)17-20-21-18(25-17)19-16(22)14-10-13(23-2)7-8-15(14)24-3/h4-10H,1-3H3,(H,19,21,22). The molecular weight excluding hydrogens is 322 g/mol. The Bertz CT molecular complexity index is 905. The molecule has 0 saturated carbocycles. The second kappa shape index (κ2) is 7.04. The van der Waals surface area contributed by atoms with E-state index in [9.17, 15) is 4.79 Å². The van der Waals surface area contributed by atoms with Gasteiger partial charge in [0.05, 0.1) is 19.8 Å². The third kappa shape index (κ3) is 3.60. The zero-order valence-electron chi connectivity index (χ0n) is 14.1. The topological polar surface area (TPSA) is 86.5 Å². The molecule has 1 aromatic heterocycles. The average molecular weight is 339 g/mol. The number of rotatable bonds is 5. The number of nitrogens with one attached hydrogen (secondary N) is 1. The maximum atomic E-state index is 12.5. The van der Waals surface area contributed by atoms with Crippen LogP contribution >= 0.6 is 0 Å². The van der Waals surface area contributed by atoms with Gasteiger partial charge in [-0.25, -0.2) is 0 Å². The molecule has 0 aliphatic carbocycles. The molecule has 1 N–H and O–H groups in total. The minimum absolute atomic E-state index is 0.00591. The number of aromatic nitrogens is 2. The molecule has 2 aromatic carbocycles. The molecule has 0 unspecified atom stereocenters. The number of anilines is 1. The highest BCUT2D eigenvalue weighted by Crippen LogP contribution is 2.26. The average Bonchev–Trinajstić information content (AvgIpc) is 3.09. The van der Waals surface area contributed by atoms with E-state index >= 15 is 0 Å². The molecule has 3 rings (SSSR count). The van der Waals surface area contributed by atoms with E-state index in [1.807, 2.05) is 31.2 Å². The number of amides is 1. The zero-order valence-corrected chi connectivity index (χ0v) is 14.1. The fourth-order valence-corrected chi connectivity index (χ4v) is 2.32. The van der Waals surface area contributed by atoms with Crippen molar-refractivity contribution in [2.75, 3.05) is 19.5 Å². The van der Waals surface area contributed by atoms with Gasteiger partial charge in [-0.15, -0.1) is 5.10 Å². The number of carbonyl (C=O) groups is 1. The molecule has 25 heavy (non-hydrogen) atoms. The molecule has 0 fully saturated rings. The van der Waals surface area contributed by atoms with Crippen LogP contribution in [0.3, 0.4) is 0 Å². The summed E-state index contributed by atoms with van der Waals surface area (Å²) in [4.78, 5) is 12.5. The number of aryl methyl sites for hydroxylation is 1. The number of hydrogen-bond acceptors (Lipinski definition) is 6. The van der Waals surface area contributed by atoms with E-state index in [4.69, 9.17) is 13.9 Å². The molecule has 0 aliphatic rings. The number of benzene rings is 2. The number of nitrogens with zero attached hydrogens (tertiary/aromatic N) is 2. The first-order valence-electron chi connectivity index (χ1n) is 7.54. The van der Waals surface area contributed by atoms with Gasteiger partial charge in [0.2, 0.25) is 5.89 Å². The van der Waals surface area contributed by atoms with Crippen LogP contribution in [0.4, 0.5) is 6.01 Å². The number of carbonyl (C=O) groups excluding carboxylic acids is 1. The summed E-state index contributed by atoms with van der Waals surface area (Å²) in [6.07, 6.45) is 0. The third-order valence-corrected chi connectivity index (χ3v) is 3.56. The lowest BCUT2D eigenvalue weighted by Crippen LogP contribution is -2.13. The highest BCUT2D eigenvalue weighted by Gasteiger charge is 2.17. The predicted molar refractivity (Wildman–Crippen MR) is 92.0 cm³/mol. The van der Waals surface area contributed by atoms with Crippen molar-refractivity contribution in [3.05, 3.63) is 53.6 Å². The second-order valence-corrected chi connectivity index (χ2v) is 5.30. The van der Waals surface area contributed by atoms with Gasteiger partial charge < -0.3 is 13.9 Å². The van der Waals surface area contributed by atoms with Crippen molar-refractivity contribution in [3.8, 4) is 23.0 Å². The van der Waals surface area contributed by atoms with Gasteiger partial charge in [0.15, 0.2) is 0 Å². The quantitative estimate of drug-likeness (QED) is 0.767. The third-order valence-electron chi connectivity index (χ3n) is 3.56. The Kier molecular flexibility index (Phi) is 4.65. The largest absolute Gasteiger partial charge is 0.497 e. The van der Waals surface area contributed by atoms with Crippen molar-refractivity contribution in [1.82, 2.24) is 10.2 Å². The summed E-state index contributed by atoms with van der Waals surface area (Å²) in [7, 11) is 3.01. The van der Waals surface area contributed by atoms with E-state index in [1.165, 1.54) is 14.2 Å². The van der Waals surface area contributed by atoms with Crippen molar-refractivity contribution in [2.45, 2.75) is 6.92 Å². The van der Waals surface area contributed by atoms with E-state index in [2.05, 4.69) is 15.5 Å². The van der Waals surface area contributed by atoms with Crippen molar-refractivity contribution < 1.29 is 18.7 Å². The minimum Gasteiger partial charge on any atom is -0.497 e. The van der Waals surface area contributed by atoms with Crippen molar-refractivity contribution in [1.29, 1.82) is 0 Å². The molecule has 0 saturated heterocycles. The van der Waals surface area contributed by atoms with E-state index in [0.717, 1.165) is 11.1 Å². The predicted octanol–water partition coefficient (Wildman–Crippen LogP) is 3.31. The van der Waals surface area contributed by atoms with Gasteiger partial charge in [0.25, 0.3) is 5.91 Å². The molecule has 128 valence electrons. The molecule has 3 aromatic rings. The van der Waals surface area contributed by atoms with E-state index in [0.29, 0.717) is 23.0 Å². The van der Waals surface area contributed by atoms with E-state index in [1.54, 1.807) is 18.2 Å². The summed E-state index contributed by atoms with van der Waals surface area (Å²) in [5.41, 5.74) is 2.16. The molecule has 0 atom stereocenters. The Morgan fingerprint density at radius 3 is 2.64 bits per heavy atom. The maximum absolute atomic E-state index is 12.5. The van der Waals surface area contributed by atoms with Gasteiger partial charge in [-0.05, 0) is 37.3 Å². The van der Waals surface area contributed by atoms with Crippen LogP contribution in [0.15, 0.2) is 46.9 Å². The maximum Gasteiger partial charge on any atom is 0.322 e. The molecule has 0 radical (unpaired) electrons. The van der Waals surface area contributed by atoms with Crippen LogP contribution in [0.5, 0.6) is 11.5 Å². The lowest BCUT2D eigenvalue weighted by atomic mass is 10.1. The zero-order chi connectivity index (χ0) is 17.8. The van der Waals surface area contributed by atoms with Crippen LogP contribution in [0.1, 0.15) is 15.9 Å². The minimum atomic E-state index is -0.435. The van der Waals surface area contributed by atoms with Crippen LogP contribution in [0, 0.1) is 6.92 Å². The Morgan fingerprint density at radius 1 is 1.08 bits per heavy atom. The molecule has 7 heteroatoms. The van der Waals surface area contributed by atoms with E-state index in [-0.39, 0.29) is 6.01 Å². The lowest BCUT2D eigenvalue weighted by Gasteiger charge is -2.09. The van der Waals surface area contributed by atoms with Gasteiger partial charge >= 0.3 is 6.01 Å². The van der Waals surface area contributed by atoms with Crippen LogP contribution in [0.2, 0.25) is 0 Å². The van der Waals surface area contributed by atoms with Crippen molar-refractivity contribution >= 4 is 11.9 Å². The summed E-state index contributed by atoms with van der Waals surface area (Å²) in [6.45, 7) is 1.97. The van der Waals surface area contributed by atoms with Crippen molar-refractivity contribution in [2.24, 2.45) is 0 Å². The molecule has 0 aliphatic heterocycles. The molecule has 0 bridgehead atoms. The van der Waals surface area contributed by atoms with Gasteiger partial charge in [-0.3, -0.25) is 10.1 Å². The summed E-state index contributed by atoms with van der Waals surface area (Å²) in [5.74, 6) is 0.848. The highest BCUT2D eigenvalue weighted by atomic mass is 16.5. The summed E-state index contributed by atoms with van der Waals surface area (Å²) >= 11 is 0.